The summed E-state index contributed by atoms with van der Waals surface area (Å²) in [6.07, 6.45) is 4.23. The molecule has 21 heavy (non-hydrogen) atoms. The first-order valence-corrected chi connectivity index (χ1v) is 7.28. The van der Waals surface area contributed by atoms with E-state index in [0.717, 1.165) is 30.3 Å². The smallest absolute Gasteiger partial charge is 0.231 e. The number of nitrogens with zero attached hydrogens (tertiary/aromatic N) is 4. The lowest BCUT2D eigenvalue weighted by Crippen LogP contribution is -2.24. The Morgan fingerprint density at radius 3 is 3.05 bits per heavy atom. The number of ether oxygens (including phenoxy) is 2. The zero-order chi connectivity index (χ0) is 14.2. The van der Waals surface area contributed by atoms with E-state index in [1.165, 1.54) is 18.4 Å². The second-order valence-corrected chi connectivity index (χ2v) is 5.59. The number of hydrogen-bond donors (Lipinski definition) is 0. The van der Waals surface area contributed by atoms with Crippen LogP contribution in [-0.4, -0.2) is 33.2 Å². The van der Waals surface area contributed by atoms with Crippen LogP contribution in [0, 0.1) is 0 Å². The normalized spacial score (nSPS) is 21.1. The topological polar surface area (TPSA) is 52.4 Å². The Labute approximate surface area is 123 Å². The third-order valence-corrected chi connectivity index (χ3v) is 4.32. The van der Waals surface area contributed by atoms with Crippen LogP contribution in [0.15, 0.2) is 24.4 Å². The first-order valence-electron chi connectivity index (χ1n) is 7.28. The van der Waals surface area contributed by atoms with E-state index >= 15 is 0 Å². The van der Waals surface area contributed by atoms with Gasteiger partial charge in [0, 0.05) is 19.6 Å². The molecule has 4 rings (SSSR count). The number of benzene rings is 1. The van der Waals surface area contributed by atoms with Gasteiger partial charge in [-0.25, -0.2) is 0 Å². The summed E-state index contributed by atoms with van der Waals surface area (Å²) in [6, 6.07) is 6.71. The average Bonchev–Trinajstić information content (AvgIpc) is 3.20. The summed E-state index contributed by atoms with van der Waals surface area (Å²) in [5, 5.41) is 7.97. The second kappa shape index (κ2) is 5.04. The van der Waals surface area contributed by atoms with Gasteiger partial charge in [-0.15, -0.1) is 5.10 Å². The average molecular weight is 286 g/mol. The van der Waals surface area contributed by atoms with Gasteiger partial charge in [0.2, 0.25) is 6.79 Å². The monoisotopic (exact) mass is 286 g/mol. The molecule has 110 valence electrons. The summed E-state index contributed by atoms with van der Waals surface area (Å²) in [6.45, 7) is 2.31. The SMILES string of the molecule is Cn1nncc1CN1CCCC1c1ccc2c(c1)OCO2. The van der Waals surface area contributed by atoms with Crippen molar-refractivity contribution in [1.29, 1.82) is 0 Å². The van der Waals surface area contributed by atoms with E-state index in [1.807, 2.05) is 24.0 Å². The molecule has 1 aromatic heterocycles. The molecule has 0 N–H and O–H groups in total. The summed E-state index contributed by atoms with van der Waals surface area (Å²) >= 11 is 0. The molecule has 6 heteroatoms. The van der Waals surface area contributed by atoms with Crippen molar-refractivity contribution in [3.8, 4) is 11.5 Å². The van der Waals surface area contributed by atoms with Crippen LogP contribution < -0.4 is 9.47 Å². The quantitative estimate of drug-likeness (QED) is 0.862. The van der Waals surface area contributed by atoms with Crippen molar-refractivity contribution in [2.45, 2.75) is 25.4 Å². The Morgan fingerprint density at radius 1 is 1.29 bits per heavy atom. The molecular formula is C15H18N4O2. The number of fused-ring (bicyclic) bond motifs is 1. The minimum Gasteiger partial charge on any atom is -0.454 e. The van der Waals surface area contributed by atoms with Gasteiger partial charge in [0.15, 0.2) is 11.5 Å². The lowest BCUT2D eigenvalue weighted by Gasteiger charge is -2.24. The molecule has 1 atom stereocenters. The minimum atomic E-state index is 0.327. The standard InChI is InChI=1S/C15H18N4O2/c1-18-12(8-16-17-18)9-19-6-2-3-13(19)11-4-5-14-15(7-11)21-10-20-14/h4-5,7-8,13H,2-3,6,9-10H2,1H3. The molecule has 0 aliphatic carbocycles. The van der Waals surface area contributed by atoms with Crippen LogP contribution >= 0.6 is 0 Å². The van der Waals surface area contributed by atoms with E-state index in [2.05, 4.69) is 27.3 Å². The molecule has 2 aliphatic heterocycles. The molecule has 3 heterocycles. The first-order chi connectivity index (χ1) is 10.3. The summed E-state index contributed by atoms with van der Waals surface area (Å²) < 4.78 is 12.7. The highest BCUT2D eigenvalue weighted by molar-refractivity contribution is 5.45. The maximum atomic E-state index is 5.49. The third-order valence-electron chi connectivity index (χ3n) is 4.32. The molecule has 0 spiro atoms. The Kier molecular flexibility index (Phi) is 3.03. The molecule has 2 aromatic rings. The van der Waals surface area contributed by atoms with Crippen LogP contribution in [0.4, 0.5) is 0 Å². The number of rotatable bonds is 3. The molecule has 1 saturated heterocycles. The number of aryl methyl sites for hydroxylation is 1. The summed E-state index contributed by atoms with van der Waals surface area (Å²) in [4.78, 5) is 2.48. The van der Waals surface area contributed by atoms with E-state index in [9.17, 15) is 0 Å². The first kappa shape index (κ1) is 12.6. The summed E-state index contributed by atoms with van der Waals surface area (Å²) in [5.74, 6) is 1.71. The van der Waals surface area contributed by atoms with Crippen LogP contribution in [-0.2, 0) is 13.6 Å². The molecular weight excluding hydrogens is 268 g/mol. The van der Waals surface area contributed by atoms with Crippen molar-refractivity contribution in [3.63, 3.8) is 0 Å². The molecule has 2 aliphatic rings. The van der Waals surface area contributed by atoms with E-state index in [-0.39, 0.29) is 0 Å². The number of hydrogen-bond acceptors (Lipinski definition) is 5. The predicted octanol–water partition coefficient (Wildman–Crippen LogP) is 1.88. The van der Waals surface area contributed by atoms with Gasteiger partial charge in [-0.1, -0.05) is 11.3 Å². The fourth-order valence-corrected chi connectivity index (χ4v) is 3.18. The summed E-state index contributed by atoms with van der Waals surface area (Å²) in [5.41, 5.74) is 2.44. The maximum absolute atomic E-state index is 5.49. The fourth-order valence-electron chi connectivity index (χ4n) is 3.18. The van der Waals surface area contributed by atoms with Crippen molar-refractivity contribution < 1.29 is 9.47 Å². The number of likely N-dealkylation sites (tertiary alicyclic amines) is 1. The highest BCUT2D eigenvalue weighted by Crippen LogP contribution is 2.39. The van der Waals surface area contributed by atoms with Gasteiger partial charge in [-0.05, 0) is 37.1 Å². The van der Waals surface area contributed by atoms with Gasteiger partial charge in [0.1, 0.15) is 0 Å². The molecule has 0 bridgehead atoms. The van der Waals surface area contributed by atoms with Crippen molar-refractivity contribution in [1.82, 2.24) is 19.9 Å². The van der Waals surface area contributed by atoms with Gasteiger partial charge in [-0.3, -0.25) is 9.58 Å². The van der Waals surface area contributed by atoms with E-state index in [0.29, 0.717) is 12.8 Å². The second-order valence-electron chi connectivity index (χ2n) is 5.59. The highest BCUT2D eigenvalue weighted by atomic mass is 16.7. The Morgan fingerprint density at radius 2 is 2.19 bits per heavy atom. The Balaban J connectivity index is 1.57. The lowest BCUT2D eigenvalue weighted by molar-refractivity contribution is 0.173. The van der Waals surface area contributed by atoms with Gasteiger partial charge in [0.05, 0.1) is 11.9 Å². The van der Waals surface area contributed by atoms with Crippen LogP contribution in [0.2, 0.25) is 0 Å². The Hall–Kier alpha value is -2.08. The molecule has 1 unspecified atom stereocenters. The van der Waals surface area contributed by atoms with Crippen molar-refractivity contribution in [2.75, 3.05) is 13.3 Å². The summed E-state index contributed by atoms with van der Waals surface area (Å²) in [7, 11) is 1.94. The third kappa shape index (κ3) is 2.25. The molecule has 1 fully saturated rings. The van der Waals surface area contributed by atoms with Crippen LogP contribution in [0.5, 0.6) is 11.5 Å². The lowest BCUT2D eigenvalue weighted by atomic mass is 10.0. The van der Waals surface area contributed by atoms with Gasteiger partial charge in [0.25, 0.3) is 0 Å². The van der Waals surface area contributed by atoms with E-state index in [4.69, 9.17) is 9.47 Å². The molecule has 0 saturated carbocycles. The van der Waals surface area contributed by atoms with Crippen molar-refractivity contribution in [3.05, 3.63) is 35.7 Å². The van der Waals surface area contributed by atoms with Gasteiger partial charge in [-0.2, -0.15) is 0 Å². The zero-order valence-corrected chi connectivity index (χ0v) is 12.0. The zero-order valence-electron chi connectivity index (χ0n) is 12.0. The molecule has 0 radical (unpaired) electrons. The van der Waals surface area contributed by atoms with Gasteiger partial charge < -0.3 is 9.47 Å². The predicted molar refractivity (Wildman–Crippen MR) is 76.0 cm³/mol. The van der Waals surface area contributed by atoms with E-state index in [1.54, 1.807) is 0 Å². The van der Waals surface area contributed by atoms with Crippen LogP contribution in [0.25, 0.3) is 0 Å². The fraction of sp³-hybridized carbons (Fsp3) is 0.467. The molecule has 1 aromatic carbocycles. The highest BCUT2D eigenvalue weighted by Gasteiger charge is 2.28. The van der Waals surface area contributed by atoms with Crippen molar-refractivity contribution >= 4 is 0 Å². The minimum absolute atomic E-state index is 0.327. The van der Waals surface area contributed by atoms with Crippen molar-refractivity contribution in [2.24, 2.45) is 7.05 Å². The van der Waals surface area contributed by atoms with Crippen LogP contribution in [0.3, 0.4) is 0 Å². The largest absolute Gasteiger partial charge is 0.454 e. The molecule has 6 nitrogen and oxygen atoms in total. The van der Waals surface area contributed by atoms with Crippen LogP contribution in [0.1, 0.15) is 30.1 Å². The molecule has 0 amide bonds. The maximum Gasteiger partial charge on any atom is 0.231 e. The number of aromatic nitrogens is 3. The Bertz CT molecular complexity index is 655. The van der Waals surface area contributed by atoms with E-state index < -0.39 is 0 Å². The van der Waals surface area contributed by atoms with Gasteiger partial charge >= 0.3 is 0 Å².